The average Bonchev–Trinajstić information content (AvgIpc) is 3.25. The number of ether oxygens (including phenoxy) is 2. The first kappa shape index (κ1) is 34.0. The molecule has 224 valence electrons. The second-order valence-electron chi connectivity index (χ2n) is 11.1. The van der Waals surface area contributed by atoms with Crippen molar-refractivity contribution in [2.45, 2.75) is 71.3 Å². The molecule has 2 heterocycles. The molecule has 0 aliphatic carbocycles. The van der Waals surface area contributed by atoms with Crippen LogP contribution in [0.15, 0.2) is 57.5 Å². The number of benzene rings is 2. The Morgan fingerprint density at radius 1 is 0.952 bits per heavy atom. The maximum Gasteiger partial charge on any atom is 0.411 e. The highest BCUT2D eigenvalue weighted by molar-refractivity contribution is 9.10. The number of Topliss-reactive ketones (excluding diaryl/α,β-unsaturated/α-hetero) is 1. The molecule has 9 nitrogen and oxygen atoms in total. The number of halogens is 2. The van der Waals surface area contributed by atoms with Crippen LogP contribution in [-0.4, -0.2) is 64.3 Å². The van der Waals surface area contributed by atoms with E-state index in [9.17, 15) is 29.2 Å². The second-order valence-corrected chi connectivity index (χ2v) is 13.0. The van der Waals surface area contributed by atoms with Crippen LogP contribution in [0.2, 0.25) is 20.0 Å². The van der Waals surface area contributed by atoms with Gasteiger partial charge in [0, 0.05) is 41.2 Å². The highest BCUT2D eigenvalue weighted by Crippen LogP contribution is 2.28. The summed E-state index contributed by atoms with van der Waals surface area (Å²) in [4.78, 5) is 50.3. The van der Waals surface area contributed by atoms with E-state index in [4.69, 9.17) is 9.47 Å². The van der Waals surface area contributed by atoms with Crippen LogP contribution in [0, 0.1) is 11.8 Å². The number of ketones is 1. The van der Waals surface area contributed by atoms with Crippen LogP contribution in [0.3, 0.4) is 0 Å². The van der Waals surface area contributed by atoms with E-state index >= 15 is 0 Å². The largest absolute Gasteiger partial charge is 0.451 e. The summed E-state index contributed by atoms with van der Waals surface area (Å²) in [7, 11) is -0.689. The number of nitrogens with zero attached hydrogens (tertiary/aromatic N) is 1. The van der Waals surface area contributed by atoms with Crippen molar-refractivity contribution in [3.8, 4) is 0 Å². The molecule has 0 bridgehead atoms. The van der Waals surface area contributed by atoms with Crippen LogP contribution >= 0.6 is 31.9 Å². The Labute approximate surface area is 263 Å². The maximum atomic E-state index is 12.8. The quantitative estimate of drug-likeness (QED) is 0.224. The van der Waals surface area contributed by atoms with Gasteiger partial charge in [-0.25, -0.2) is 0 Å². The average molecular weight is 707 g/mol. The lowest BCUT2D eigenvalue weighted by atomic mass is 9.61. The normalized spacial score (nSPS) is 18.9. The third-order valence-electron chi connectivity index (χ3n) is 7.03. The van der Waals surface area contributed by atoms with Gasteiger partial charge in [-0.3, -0.25) is 19.2 Å². The van der Waals surface area contributed by atoms with Gasteiger partial charge in [0.15, 0.2) is 5.78 Å². The summed E-state index contributed by atoms with van der Waals surface area (Å²) >= 11 is 6.74. The predicted molar refractivity (Wildman–Crippen MR) is 166 cm³/mol. The van der Waals surface area contributed by atoms with Gasteiger partial charge >= 0.3 is 19.0 Å². The van der Waals surface area contributed by atoms with Crippen LogP contribution < -0.4 is 0 Å². The van der Waals surface area contributed by atoms with Gasteiger partial charge in [0.1, 0.15) is 0 Å². The van der Waals surface area contributed by atoms with Gasteiger partial charge in [0.05, 0.1) is 0 Å². The lowest BCUT2D eigenvalue weighted by molar-refractivity contribution is -0.238. The van der Waals surface area contributed by atoms with E-state index in [0.29, 0.717) is 12.8 Å². The van der Waals surface area contributed by atoms with E-state index in [1.807, 2.05) is 48.5 Å². The topological polar surface area (TPSA) is 130 Å². The number of rotatable bonds is 9. The van der Waals surface area contributed by atoms with E-state index in [2.05, 4.69) is 31.9 Å². The molecule has 2 aromatic carbocycles. The van der Waals surface area contributed by atoms with Crippen molar-refractivity contribution in [1.82, 2.24) is 4.81 Å². The Kier molecular flexibility index (Phi) is 12.0. The van der Waals surface area contributed by atoms with Crippen molar-refractivity contribution in [2.75, 3.05) is 0 Å². The molecule has 2 aliphatic heterocycles. The maximum absolute atomic E-state index is 12.8. The molecule has 1 amide bonds. The Morgan fingerprint density at radius 3 is 1.93 bits per heavy atom. The summed E-state index contributed by atoms with van der Waals surface area (Å²) in [5.41, 5.74) is 2.05. The molecule has 0 saturated carbocycles. The van der Waals surface area contributed by atoms with Crippen LogP contribution in [0.5, 0.6) is 0 Å². The standard InChI is InChI=1S/C17H20BBrO6.C12H15BBrNO2/c1-17(2)24-15(21)13(16(22)25-17)14(20)11(9-18(3)23)8-10-4-6-12(19)7-5-10;1-13(17)15-11(6-7-12(15)16)8-9-2-4-10(14)5-3-9/h4-7,11,13,23H,8-9H2,1-3H3;2-5,11,17H,6-8H2,1H3/t2*11-/m00/s1. The molecular formula is C29H35B2Br2NO8. The molecule has 2 saturated heterocycles. The number of carbonyl (C=O) groups is 4. The minimum atomic E-state index is -1.60. The van der Waals surface area contributed by atoms with Gasteiger partial charge in [-0.2, -0.15) is 0 Å². The van der Waals surface area contributed by atoms with Crippen molar-refractivity contribution >= 4 is 69.5 Å². The van der Waals surface area contributed by atoms with Crippen molar-refractivity contribution in [1.29, 1.82) is 0 Å². The summed E-state index contributed by atoms with van der Waals surface area (Å²) in [5, 5.41) is 19.3. The lowest BCUT2D eigenvalue weighted by Gasteiger charge is -2.33. The van der Waals surface area contributed by atoms with Gasteiger partial charge in [-0.05, 0) is 67.8 Å². The molecular weight excluding hydrogens is 672 g/mol. The third kappa shape index (κ3) is 9.52. The molecule has 0 aromatic heterocycles. The summed E-state index contributed by atoms with van der Waals surface area (Å²) in [6, 6.07) is 15.6. The Morgan fingerprint density at radius 2 is 1.45 bits per heavy atom. The van der Waals surface area contributed by atoms with Gasteiger partial charge in [0.25, 0.3) is 12.7 Å². The third-order valence-corrected chi connectivity index (χ3v) is 8.09. The first-order valence-electron chi connectivity index (χ1n) is 13.8. The first-order chi connectivity index (χ1) is 19.7. The zero-order chi connectivity index (χ0) is 31.2. The highest BCUT2D eigenvalue weighted by atomic mass is 79.9. The molecule has 4 rings (SSSR count). The summed E-state index contributed by atoms with van der Waals surface area (Å²) in [5.74, 6) is -6.03. The van der Waals surface area contributed by atoms with Gasteiger partial charge in [0.2, 0.25) is 11.8 Å². The fraction of sp³-hybridized carbons (Fsp3) is 0.448. The molecule has 0 spiro atoms. The van der Waals surface area contributed by atoms with Crippen LogP contribution in [-0.2, 0) is 41.5 Å². The van der Waals surface area contributed by atoms with Crippen molar-refractivity contribution < 1.29 is 38.7 Å². The number of carbonyl (C=O) groups excluding carboxylic acids is 4. The summed E-state index contributed by atoms with van der Waals surface area (Å²) < 4.78 is 12.0. The summed E-state index contributed by atoms with van der Waals surface area (Å²) in [6.45, 7) is 5.31. The van der Waals surface area contributed by atoms with Gasteiger partial charge in [-0.1, -0.05) is 62.9 Å². The van der Waals surface area contributed by atoms with Gasteiger partial charge < -0.3 is 24.3 Å². The number of amides is 1. The SMILES string of the molecule is CB(O)C[C@H](Cc1ccc(Br)cc1)C(=O)C1C(=O)OC(C)(C)OC1=O.CB(O)N1C(=O)CC[C@H]1Cc1ccc(Br)cc1. The number of cyclic esters (lactones) is 2. The molecule has 2 aromatic rings. The van der Waals surface area contributed by atoms with E-state index < -0.39 is 49.3 Å². The Hall–Kier alpha value is -2.47. The zero-order valence-electron chi connectivity index (χ0n) is 24.1. The van der Waals surface area contributed by atoms with Crippen molar-refractivity contribution in [3.63, 3.8) is 0 Å². The minimum Gasteiger partial charge on any atom is -0.451 e. The zero-order valence-corrected chi connectivity index (χ0v) is 27.3. The monoisotopic (exact) mass is 705 g/mol. The smallest absolute Gasteiger partial charge is 0.411 e. The lowest BCUT2D eigenvalue weighted by Crippen LogP contribution is -2.50. The molecule has 0 unspecified atom stereocenters. The first-order valence-corrected chi connectivity index (χ1v) is 15.4. The van der Waals surface area contributed by atoms with Gasteiger partial charge in [-0.15, -0.1) is 0 Å². The van der Waals surface area contributed by atoms with E-state index in [1.54, 1.807) is 18.5 Å². The summed E-state index contributed by atoms with van der Waals surface area (Å²) in [6.07, 6.45) is 2.63. The molecule has 2 atom stereocenters. The minimum absolute atomic E-state index is 0.0575. The van der Waals surface area contributed by atoms with E-state index in [0.717, 1.165) is 27.4 Å². The molecule has 0 radical (unpaired) electrons. The fourth-order valence-corrected chi connectivity index (χ4v) is 5.70. The molecule has 2 aliphatic rings. The van der Waals surface area contributed by atoms with E-state index in [1.165, 1.54) is 19.4 Å². The Balaban J connectivity index is 0.000000247. The van der Waals surface area contributed by atoms with Crippen LogP contribution in [0.1, 0.15) is 37.8 Å². The predicted octanol–water partition coefficient (Wildman–Crippen LogP) is 4.34. The van der Waals surface area contributed by atoms with Crippen molar-refractivity contribution in [2.24, 2.45) is 11.8 Å². The van der Waals surface area contributed by atoms with E-state index in [-0.39, 0.29) is 18.3 Å². The second kappa shape index (κ2) is 14.8. The molecule has 42 heavy (non-hydrogen) atoms. The number of esters is 2. The molecule has 2 fully saturated rings. The number of hydrogen-bond acceptors (Lipinski definition) is 8. The molecule has 13 heteroatoms. The van der Waals surface area contributed by atoms with Crippen LogP contribution in [0.4, 0.5) is 0 Å². The van der Waals surface area contributed by atoms with Crippen LogP contribution in [0.25, 0.3) is 0 Å². The number of hydrogen-bond donors (Lipinski definition) is 2. The molecule has 2 N–H and O–H groups in total. The fourth-order valence-electron chi connectivity index (χ4n) is 5.17. The van der Waals surface area contributed by atoms with Crippen molar-refractivity contribution in [3.05, 3.63) is 68.6 Å². The Bertz CT molecular complexity index is 1250. The highest BCUT2D eigenvalue weighted by Gasteiger charge is 2.49.